The van der Waals surface area contributed by atoms with Gasteiger partial charge in [0.15, 0.2) is 0 Å². The van der Waals surface area contributed by atoms with Crippen LogP contribution in [0.3, 0.4) is 0 Å². The van der Waals surface area contributed by atoms with Crippen LogP contribution in [0.5, 0.6) is 0 Å². The molecule has 0 aliphatic heterocycles. The van der Waals surface area contributed by atoms with Gasteiger partial charge in [-0.3, -0.25) is 0 Å². The molecule has 1 aromatic rings. The SMILES string of the molecule is IC1=CC=C(C2=CC=CCC2)C(c2ccccc2)C1. The standard InChI is InChI=1S/C18H17I/c19-16-11-12-17(14-7-3-1-4-8-14)18(13-16)15-9-5-2-6-10-15/h1-3,5-7,9-12,18H,4,8,13H2. The van der Waals surface area contributed by atoms with Gasteiger partial charge in [0.2, 0.25) is 0 Å². The van der Waals surface area contributed by atoms with Gasteiger partial charge < -0.3 is 0 Å². The zero-order chi connectivity index (χ0) is 13.1. The summed E-state index contributed by atoms with van der Waals surface area (Å²) in [5, 5.41) is 0. The summed E-state index contributed by atoms with van der Waals surface area (Å²) in [7, 11) is 0. The molecule has 0 bridgehead atoms. The molecule has 0 saturated heterocycles. The molecule has 0 spiro atoms. The van der Waals surface area contributed by atoms with E-state index < -0.39 is 0 Å². The monoisotopic (exact) mass is 360 g/mol. The maximum absolute atomic E-state index is 2.46. The van der Waals surface area contributed by atoms with E-state index in [-0.39, 0.29) is 0 Å². The number of halogens is 1. The van der Waals surface area contributed by atoms with Crippen molar-refractivity contribution in [1.29, 1.82) is 0 Å². The van der Waals surface area contributed by atoms with Crippen molar-refractivity contribution < 1.29 is 0 Å². The van der Waals surface area contributed by atoms with Gasteiger partial charge in [-0.25, -0.2) is 0 Å². The Morgan fingerprint density at radius 2 is 1.84 bits per heavy atom. The molecule has 2 aliphatic rings. The maximum atomic E-state index is 2.46. The molecule has 0 saturated carbocycles. The van der Waals surface area contributed by atoms with Crippen molar-refractivity contribution in [2.75, 3.05) is 0 Å². The predicted molar refractivity (Wildman–Crippen MR) is 90.4 cm³/mol. The summed E-state index contributed by atoms with van der Waals surface area (Å²) in [6, 6.07) is 10.9. The minimum absolute atomic E-state index is 0.524. The molecule has 1 atom stereocenters. The third-order valence-corrected chi connectivity index (χ3v) is 4.60. The summed E-state index contributed by atoms with van der Waals surface area (Å²) in [5.41, 5.74) is 4.46. The summed E-state index contributed by atoms with van der Waals surface area (Å²) < 4.78 is 1.45. The van der Waals surface area contributed by atoms with E-state index in [2.05, 4.69) is 83.3 Å². The van der Waals surface area contributed by atoms with Crippen molar-refractivity contribution in [2.45, 2.75) is 25.2 Å². The molecule has 19 heavy (non-hydrogen) atoms. The molecule has 0 N–H and O–H groups in total. The summed E-state index contributed by atoms with van der Waals surface area (Å²) in [6.45, 7) is 0. The number of rotatable bonds is 2. The normalized spacial score (nSPS) is 22.6. The van der Waals surface area contributed by atoms with Gasteiger partial charge in [-0.1, -0.05) is 60.7 Å². The van der Waals surface area contributed by atoms with E-state index in [4.69, 9.17) is 0 Å². The first-order chi connectivity index (χ1) is 9.34. The van der Waals surface area contributed by atoms with Crippen molar-refractivity contribution in [1.82, 2.24) is 0 Å². The van der Waals surface area contributed by atoms with E-state index >= 15 is 0 Å². The highest BCUT2D eigenvalue weighted by molar-refractivity contribution is 14.1. The zero-order valence-corrected chi connectivity index (χ0v) is 13.0. The Morgan fingerprint density at radius 3 is 2.58 bits per heavy atom. The highest BCUT2D eigenvalue weighted by Gasteiger charge is 2.22. The Kier molecular flexibility index (Phi) is 4.02. The zero-order valence-electron chi connectivity index (χ0n) is 10.9. The predicted octanol–water partition coefficient (Wildman–Crippen LogP) is 5.70. The molecular formula is C18H17I. The Bertz CT molecular complexity index is 573. The molecule has 2 aliphatic carbocycles. The Hall–Kier alpha value is -1.09. The summed E-state index contributed by atoms with van der Waals surface area (Å²) in [5.74, 6) is 0.524. The van der Waals surface area contributed by atoms with Crippen LogP contribution >= 0.6 is 22.6 Å². The van der Waals surface area contributed by atoms with Gasteiger partial charge in [0.1, 0.15) is 0 Å². The molecule has 3 rings (SSSR count). The van der Waals surface area contributed by atoms with Crippen LogP contribution in [0.15, 0.2) is 75.4 Å². The highest BCUT2D eigenvalue weighted by Crippen LogP contribution is 2.41. The van der Waals surface area contributed by atoms with Crippen molar-refractivity contribution in [3.05, 3.63) is 81.0 Å². The Labute approximate surface area is 128 Å². The van der Waals surface area contributed by atoms with E-state index in [1.165, 1.54) is 33.1 Å². The molecule has 0 fully saturated rings. The first kappa shape index (κ1) is 12.9. The summed E-state index contributed by atoms with van der Waals surface area (Å²) in [4.78, 5) is 0. The van der Waals surface area contributed by atoms with E-state index in [9.17, 15) is 0 Å². The van der Waals surface area contributed by atoms with Gasteiger partial charge in [0, 0.05) is 5.92 Å². The maximum Gasteiger partial charge on any atom is 0.0137 e. The van der Waals surface area contributed by atoms with Gasteiger partial charge >= 0.3 is 0 Å². The van der Waals surface area contributed by atoms with Crippen LogP contribution in [0.2, 0.25) is 0 Å². The van der Waals surface area contributed by atoms with Crippen LogP contribution in [0.1, 0.15) is 30.7 Å². The molecule has 0 nitrogen and oxygen atoms in total. The van der Waals surface area contributed by atoms with Gasteiger partial charge in [-0.2, -0.15) is 0 Å². The minimum atomic E-state index is 0.524. The third-order valence-electron chi connectivity index (χ3n) is 3.80. The second kappa shape index (κ2) is 5.91. The topological polar surface area (TPSA) is 0 Å². The average molecular weight is 360 g/mol. The van der Waals surface area contributed by atoms with E-state index in [0.717, 1.165) is 6.42 Å². The quantitative estimate of drug-likeness (QED) is 0.594. The average Bonchev–Trinajstić information content (AvgIpc) is 2.49. The molecule has 1 aromatic carbocycles. The number of allylic oxidation sites excluding steroid dienone is 8. The van der Waals surface area contributed by atoms with Crippen LogP contribution < -0.4 is 0 Å². The summed E-state index contributed by atoms with van der Waals surface area (Å²) >= 11 is 2.46. The lowest BCUT2D eigenvalue weighted by Gasteiger charge is -2.26. The van der Waals surface area contributed by atoms with Gasteiger partial charge in [-0.05, 0) is 62.1 Å². The Balaban J connectivity index is 1.99. The fourth-order valence-electron chi connectivity index (χ4n) is 2.83. The second-order valence-corrected chi connectivity index (χ2v) is 6.45. The van der Waals surface area contributed by atoms with Crippen LogP contribution in [-0.4, -0.2) is 0 Å². The number of hydrogen-bond donors (Lipinski definition) is 0. The van der Waals surface area contributed by atoms with E-state index in [0.29, 0.717) is 5.92 Å². The van der Waals surface area contributed by atoms with Crippen LogP contribution in [0.4, 0.5) is 0 Å². The van der Waals surface area contributed by atoms with Crippen molar-refractivity contribution >= 4 is 22.6 Å². The molecule has 1 unspecified atom stereocenters. The van der Waals surface area contributed by atoms with Crippen LogP contribution in [0.25, 0.3) is 0 Å². The first-order valence-corrected chi connectivity index (χ1v) is 7.90. The first-order valence-electron chi connectivity index (χ1n) is 6.82. The van der Waals surface area contributed by atoms with Gasteiger partial charge in [0.05, 0.1) is 0 Å². The lowest BCUT2D eigenvalue weighted by atomic mass is 9.79. The smallest absolute Gasteiger partial charge is 0.0137 e. The third kappa shape index (κ3) is 2.92. The van der Waals surface area contributed by atoms with E-state index in [1.54, 1.807) is 0 Å². The van der Waals surface area contributed by atoms with Crippen LogP contribution in [-0.2, 0) is 0 Å². The lowest BCUT2D eigenvalue weighted by molar-refractivity contribution is 0.780. The fourth-order valence-corrected chi connectivity index (χ4v) is 3.45. The largest absolute Gasteiger partial charge is 0.0842 e. The molecule has 1 heteroatoms. The molecule has 0 heterocycles. The van der Waals surface area contributed by atoms with Crippen molar-refractivity contribution in [2.24, 2.45) is 0 Å². The van der Waals surface area contributed by atoms with Gasteiger partial charge in [-0.15, -0.1) is 0 Å². The van der Waals surface area contributed by atoms with Gasteiger partial charge in [0.25, 0.3) is 0 Å². The fraction of sp³-hybridized carbons (Fsp3) is 0.222. The second-order valence-electron chi connectivity index (χ2n) is 5.06. The number of benzene rings is 1. The van der Waals surface area contributed by atoms with Crippen LogP contribution in [0, 0.1) is 0 Å². The minimum Gasteiger partial charge on any atom is -0.0842 e. The highest BCUT2D eigenvalue weighted by atomic mass is 127. The van der Waals surface area contributed by atoms with E-state index in [1.807, 2.05) is 0 Å². The molecular weight excluding hydrogens is 343 g/mol. The Morgan fingerprint density at radius 1 is 1.00 bits per heavy atom. The summed E-state index contributed by atoms with van der Waals surface area (Å²) in [6.07, 6.45) is 14.8. The molecule has 96 valence electrons. The molecule has 0 aromatic heterocycles. The van der Waals surface area contributed by atoms with Crippen molar-refractivity contribution in [3.8, 4) is 0 Å². The molecule has 0 amide bonds. The molecule has 0 radical (unpaired) electrons. The lowest BCUT2D eigenvalue weighted by Crippen LogP contribution is -2.09. The number of hydrogen-bond acceptors (Lipinski definition) is 0. The van der Waals surface area contributed by atoms with Crippen molar-refractivity contribution in [3.63, 3.8) is 0 Å².